The molecule has 0 saturated carbocycles. The van der Waals surface area contributed by atoms with E-state index in [1.807, 2.05) is 0 Å². The first-order valence-corrected chi connectivity index (χ1v) is 7.86. The fourth-order valence-electron chi connectivity index (χ4n) is 2.82. The maximum Gasteiger partial charge on any atom is 0.129 e. The minimum absolute atomic E-state index is 0. The van der Waals surface area contributed by atoms with Crippen LogP contribution in [0.25, 0.3) is 0 Å². The van der Waals surface area contributed by atoms with Gasteiger partial charge in [-0.05, 0) is 30.9 Å². The maximum absolute atomic E-state index is 14.3. The van der Waals surface area contributed by atoms with Gasteiger partial charge in [0.05, 0.1) is 0 Å². The normalized spacial score (nSPS) is 16.8. The van der Waals surface area contributed by atoms with E-state index in [-0.39, 0.29) is 36.7 Å². The van der Waals surface area contributed by atoms with Crippen LogP contribution >= 0.6 is 36.4 Å². The van der Waals surface area contributed by atoms with Crippen molar-refractivity contribution in [2.24, 2.45) is 5.92 Å². The molecule has 0 aliphatic carbocycles. The molecular weight excluding hydrogens is 346 g/mol. The van der Waals surface area contributed by atoms with Crippen molar-refractivity contribution in [1.82, 2.24) is 10.2 Å². The highest BCUT2D eigenvalue weighted by atomic mass is 35.5. The molecule has 128 valence electrons. The summed E-state index contributed by atoms with van der Waals surface area (Å²) in [7, 11) is 0. The van der Waals surface area contributed by atoms with Crippen LogP contribution in [0.15, 0.2) is 18.2 Å². The average Bonchev–Trinajstić information content (AvgIpc) is 2.42. The summed E-state index contributed by atoms with van der Waals surface area (Å²) >= 11 is 6.28. The summed E-state index contributed by atoms with van der Waals surface area (Å²) in [5, 5.41) is 3.90. The number of benzene rings is 1. The van der Waals surface area contributed by atoms with Crippen LogP contribution in [0.5, 0.6) is 0 Å². The second kappa shape index (κ2) is 10.7. The molecular formula is C16H26Cl3FN2. The number of piperazine rings is 1. The van der Waals surface area contributed by atoms with E-state index in [2.05, 4.69) is 24.1 Å². The van der Waals surface area contributed by atoms with E-state index >= 15 is 0 Å². The molecule has 1 heterocycles. The fraction of sp³-hybridized carbons (Fsp3) is 0.625. The predicted octanol–water partition coefficient (Wildman–Crippen LogP) is 4.71. The van der Waals surface area contributed by atoms with Crippen molar-refractivity contribution >= 4 is 36.4 Å². The van der Waals surface area contributed by atoms with Crippen LogP contribution in [-0.2, 0) is 0 Å². The van der Waals surface area contributed by atoms with E-state index in [9.17, 15) is 4.39 Å². The van der Waals surface area contributed by atoms with Crippen LogP contribution in [0, 0.1) is 11.7 Å². The lowest BCUT2D eigenvalue weighted by Gasteiger charge is -2.36. The Kier molecular flexibility index (Phi) is 10.6. The van der Waals surface area contributed by atoms with Crippen LogP contribution in [-0.4, -0.2) is 31.1 Å². The van der Waals surface area contributed by atoms with E-state index in [0.29, 0.717) is 16.5 Å². The van der Waals surface area contributed by atoms with Gasteiger partial charge in [0, 0.05) is 42.8 Å². The molecule has 0 spiro atoms. The van der Waals surface area contributed by atoms with E-state index in [4.69, 9.17) is 11.6 Å². The standard InChI is InChI=1S/C16H24ClFN2.2ClH/c1-12(2)6-7-15(20-10-8-19-9-11-20)16-13(17)4-3-5-14(16)18;;/h3-5,12,15,19H,6-11H2,1-2H3;2*1H/t15-;;/m0../s1. The van der Waals surface area contributed by atoms with E-state index < -0.39 is 0 Å². The summed E-state index contributed by atoms with van der Waals surface area (Å²) in [5.74, 6) is 0.441. The molecule has 6 heteroatoms. The minimum Gasteiger partial charge on any atom is -0.314 e. The Balaban J connectivity index is 0.00000220. The molecule has 1 aromatic rings. The Morgan fingerprint density at radius 1 is 1.18 bits per heavy atom. The van der Waals surface area contributed by atoms with Crippen LogP contribution in [0.1, 0.15) is 38.3 Å². The van der Waals surface area contributed by atoms with Gasteiger partial charge in [-0.15, -0.1) is 24.8 Å². The third-order valence-electron chi connectivity index (χ3n) is 3.94. The molecule has 22 heavy (non-hydrogen) atoms. The number of nitrogens with one attached hydrogen (secondary N) is 1. The Bertz CT molecular complexity index is 417. The predicted molar refractivity (Wildman–Crippen MR) is 97.2 cm³/mol. The number of halogens is 4. The largest absolute Gasteiger partial charge is 0.314 e. The number of hydrogen-bond donors (Lipinski definition) is 1. The lowest BCUT2D eigenvalue weighted by atomic mass is 9.95. The van der Waals surface area contributed by atoms with Gasteiger partial charge in [0.2, 0.25) is 0 Å². The van der Waals surface area contributed by atoms with E-state index in [0.717, 1.165) is 39.0 Å². The van der Waals surface area contributed by atoms with Crippen LogP contribution < -0.4 is 5.32 Å². The Labute approximate surface area is 150 Å². The molecule has 1 aromatic carbocycles. The van der Waals surface area contributed by atoms with Crippen molar-refractivity contribution in [1.29, 1.82) is 0 Å². The summed E-state index contributed by atoms with van der Waals surface area (Å²) in [6.07, 6.45) is 2.04. The van der Waals surface area contributed by atoms with Crippen molar-refractivity contribution in [3.8, 4) is 0 Å². The molecule has 0 radical (unpaired) electrons. The first kappa shape index (κ1) is 21.9. The molecule has 2 rings (SSSR count). The third-order valence-corrected chi connectivity index (χ3v) is 4.27. The molecule has 1 aliphatic heterocycles. The van der Waals surface area contributed by atoms with E-state index in [1.165, 1.54) is 6.07 Å². The van der Waals surface area contributed by atoms with Crippen molar-refractivity contribution in [2.45, 2.75) is 32.7 Å². The molecule has 1 N–H and O–H groups in total. The molecule has 0 bridgehead atoms. The lowest BCUT2D eigenvalue weighted by Crippen LogP contribution is -2.45. The molecule has 1 atom stereocenters. The zero-order chi connectivity index (χ0) is 14.5. The van der Waals surface area contributed by atoms with Crippen molar-refractivity contribution < 1.29 is 4.39 Å². The van der Waals surface area contributed by atoms with Crippen molar-refractivity contribution in [3.05, 3.63) is 34.6 Å². The van der Waals surface area contributed by atoms with Gasteiger partial charge < -0.3 is 5.32 Å². The molecule has 1 fully saturated rings. The summed E-state index contributed by atoms with van der Waals surface area (Å²) < 4.78 is 14.3. The van der Waals surface area contributed by atoms with Crippen LogP contribution in [0.4, 0.5) is 4.39 Å². The zero-order valence-corrected chi connectivity index (χ0v) is 15.5. The third kappa shape index (κ3) is 5.86. The maximum atomic E-state index is 14.3. The molecule has 1 aliphatic rings. The highest BCUT2D eigenvalue weighted by molar-refractivity contribution is 6.31. The molecule has 2 nitrogen and oxygen atoms in total. The summed E-state index contributed by atoms with van der Waals surface area (Å²) in [5.41, 5.74) is 0.678. The molecule has 0 unspecified atom stereocenters. The van der Waals surface area contributed by atoms with Crippen molar-refractivity contribution in [3.63, 3.8) is 0 Å². The summed E-state index contributed by atoms with van der Waals surface area (Å²) in [6, 6.07) is 5.09. The number of nitrogens with zero attached hydrogens (tertiary/aromatic N) is 1. The van der Waals surface area contributed by atoms with Crippen molar-refractivity contribution in [2.75, 3.05) is 26.2 Å². The fourth-order valence-corrected chi connectivity index (χ4v) is 3.11. The van der Waals surface area contributed by atoms with Gasteiger partial charge >= 0.3 is 0 Å². The Morgan fingerprint density at radius 2 is 1.82 bits per heavy atom. The highest BCUT2D eigenvalue weighted by Crippen LogP contribution is 2.34. The highest BCUT2D eigenvalue weighted by Gasteiger charge is 2.26. The first-order valence-electron chi connectivity index (χ1n) is 7.48. The van der Waals surface area contributed by atoms with Gasteiger partial charge in [-0.1, -0.05) is 31.5 Å². The quantitative estimate of drug-likeness (QED) is 0.806. The van der Waals surface area contributed by atoms with Crippen LogP contribution in [0.2, 0.25) is 5.02 Å². The molecule has 0 amide bonds. The number of hydrogen-bond acceptors (Lipinski definition) is 2. The molecule has 1 saturated heterocycles. The van der Waals surface area contributed by atoms with Gasteiger partial charge in [-0.25, -0.2) is 4.39 Å². The average molecular weight is 372 g/mol. The van der Waals surface area contributed by atoms with Gasteiger partial charge in [0.15, 0.2) is 0 Å². The minimum atomic E-state index is -0.176. The van der Waals surface area contributed by atoms with Gasteiger partial charge in [-0.2, -0.15) is 0 Å². The SMILES string of the molecule is CC(C)CC[C@@H](c1c(F)cccc1Cl)N1CCNCC1.Cl.Cl. The van der Waals surface area contributed by atoms with Gasteiger partial charge in [0.25, 0.3) is 0 Å². The zero-order valence-electron chi connectivity index (χ0n) is 13.1. The first-order chi connectivity index (χ1) is 9.59. The Morgan fingerprint density at radius 3 is 2.36 bits per heavy atom. The number of rotatable bonds is 5. The topological polar surface area (TPSA) is 15.3 Å². The second-order valence-corrected chi connectivity index (χ2v) is 6.32. The lowest BCUT2D eigenvalue weighted by molar-refractivity contribution is 0.157. The summed E-state index contributed by atoms with van der Waals surface area (Å²) in [6.45, 7) is 8.24. The second-order valence-electron chi connectivity index (χ2n) is 5.91. The monoisotopic (exact) mass is 370 g/mol. The molecule has 0 aromatic heterocycles. The summed E-state index contributed by atoms with van der Waals surface area (Å²) in [4.78, 5) is 2.36. The smallest absolute Gasteiger partial charge is 0.129 e. The Hall–Kier alpha value is -0.0600. The van der Waals surface area contributed by atoms with Gasteiger partial charge in [0.1, 0.15) is 5.82 Å². The van der Waals surface area contributed by atoms with Crippen LogP contribution in [0.3, 0.4) is 0 Å². The van der Waals surface area contributed by atoms with E-state index in [1.54, 1.807) is 12.1 Å². The van der Waals surface area contributed by atoms with Gasteiger partial charge in [-0.3, -0.25) is 4.90 Å².